The summed E-state index contributed by atoms with van der Waals surface area (Å²) in [7, 11) is 0. The average molecular weight is 150 g/mol. The molecule has 0 amide bonds. The number of hydrogen-bond acceptors (Lipinski definition) is 4. The Kier molecular flexibility index (Phi) is 4.53. The van der Waals surface area contributed by atoms with E-state index in [4.69, 9.17) is 5.11 Å². The summed E-state index contributed by atoms with van der Waals surface area (Å²) in [6, 6.07) is 0. The van der Waals surface area contributed by atoms with Gasteiger partial charge in [-0.25, -0.2) is 4.79 Å². The third-order valence-corrected chi connectivity index (χ3v) is 1.35. The summed E-state index contributed by atoms with van der Waals surface area (Å²) in [4.78, 5) is 10.5. The summed E-state index contributed by atoms with van der Waals surface area (Å²) >= 11 is 1.05. The van der Waals surface area contributed by atoms with Gasteiger partial charge in [0.15, 0.2) is 5.44 Å². The molecule has 54 valence electrons. The zero-order valence-corrected chi connectivity index (χ0v) is 6.27. The van der Waals surface area contributed by atoms with Crippen LogP contribution in [0.5, 0.6) is 0 Å². The van der Waals surface area contributed by atoms with Gasteiger partial charge < -0.3 is 9.84 Å². The number of ether oxygens (including phenoxy) is 1. The molecule has 0 saturated heterocycles. The normalized spacial score (nSPS) is 12.8. The maximum atomic E-state index is 10.5. The first-order valence-corrected chi connectivity index (χ1v) is 3.88. The van der Waals surface area contributed by atoms with Crippen LogP contribution in [0.1, 0.15) is 6.92 Å². The van der Waals surface area contributed by atoms with Crippen LogP contribution in [0.2, 0.25) is 0 Å². The highest BCUT2D eigenvalue weighted by atomic mass is 32.2. The van der Waals surface area contributed by atoms with Crippen LogP contribution >= 0.6 is 11.8 Å². The van der Waals surface area contributed by atoms with Crippen molar-refractivity contribution >= 4 is 17.7 Å². The minimum Gasteiger partial charge on any atom is -0.463 e. The standard InChI is InChI=1S/C5H10O3S/c1-3-8-4(6)5(7)9-2/h5,7H,3H2,1-2H3. The Balaban J connectivity index is 3.46. The lowest BCUT2D eigenvalue weighted by Crippen LogP contribution is -2.18. The largest absolute Gasteiger partial charge is 0.463 e. The van der Waals surface area contributed by atoms with Crippen molar-refractivity contribution in [3.05, 3.63) is 0 Å². The van der Waals surface area contributed by atoms with Gasteiger partial charge in [-0.05, 0) is 13.2 Å². The van der Waals surface area contributed by atoms with Crippen molar-refractivity contribution in [1.29, 1.82) is 0 Å². The molecule has 0 bridgehead atoms. The Bertz CT molecular complexity index is 94.2. The molecular formula is C5H10O3S. The van der Waals surface area contributed by atoms with Gasteiger partial charge in [0.2, 0.25) is 0 Å². The molecule has 0 aromatic heterocycles. The highest BCUT2D eigenvalue weighted by Gasteiger charge is 2.12. The topological polar surface area (TPSA) is 46.5 Å². The molecule has 0 aliphatic heterocycles. The zero-order chi connectivity index (χ0) is 7.28. The predicted octanol–water partition coefficient (Wildman–Crippen LogP) is 0.231. The molecule has 0 heterocycles. The zero-order valence-electron chi connectivity index (χ0n) is 5.46. The van der Waals surface area contributed by atoms with Gasteiger partial charge in [0, 0.05) is 0 Å². The smallest absolute Gasteiger partial charge is 0.345 e. The van der Waals surface area contributed by atoms with Crippen LogP contribution in [0.3, 0.4) is 0 Å². The van der Waals surface area contributed by atoms with Crippen molar-refractivity contribution in [2.45, 2.75) is 12.4 Å². The van der Waals surface area contributed by atoms with Gasteiger partial charge in [-0.3, -0.25) is 0 Å². The lowest BCUT2D eigenvalue weighted by atomic mass is 10.7. The predicted molar refractivity (Wildman–Crippen MR) is 36.2 cm³/mol. The van der Waals surface area contributed by atoms with Gasteiger partial charge >= 0.3 is 5.97 Å². The summed E-state index contributed by atoms with van der Waals surface area (Å²) in [5, 5.41) is 8.75. The summed E-state index contributed by atoms with van der Waals surface area (Å²) in [6.45, 7) is 2.02. The number of esters is 1. The molecule has 0 fully saturated rings. The van der Waals surface area contributed by atoms with Gasteiger partial charge in [0.1, 0.15) is 0 Å². The molecular weight excluding hydrogens is 140 g/mol. The number of aliphatic hydroxyl groups excluding tert-OH is 1. The molecule has 0 radical (unpaired) electrons. The van der Waals surface area contributed by atoms with Crippen molar-refractivity contribution in [1.82, 2.24) is 0 Å². The Morgan fingerprint density at radius 2 is 2.44 bits per heavy atom. The second-order valence-corrected chi connectivity index (χ2v) is 2.26. The number of carbonyl (C=O) groups is 1. The van der Waals surface area contributed by atoms with Crippen molar-refractivity contribution in [3.8, 4) is 0 Å². The first kappa shape index (κ1) is 8.78. The quantitative estimate of drug-likeness (QED) is 0.462. The van der Waals surface area contributed by atoms with Crippen LogP contribution in [0, 0.1) is 0 Å². The summed E-state index contributed by atoms with van der Waals surface area (Å²) in [5.74, 6) is -0.565. The van der Waals surface area contributed by atoms with Gasteiger partial charge in [-0.15, -0.1) is 11.8 Å². The first-order chi connectivity index (χ1) is 4.22. The minimum atomic E-state index is -1.02. The third kappa shape index (κ3) is 3.37. The lowest BCUT2D eigenvalue weighted by molar-refractivity contribution is -0.148. The number of carbonyl (C=O) groups excluding carboxylic acids is 1. The molecule has 0 spiro atoms. The molecule has 9 heavy (non-hydrogen) atoms. The van der Waals surface area contributed by atoms with Gasteiger partial charge in [-0.1, -0.05) is 0 Å². The number of rotatable bonds is 3. The van der Waals surface area contributed by atoms with Crippen LogP contribution < -0.4 is 0 Å². The Morgan fingerprint density at radius 3 is 2.78 bits per heavy atom. The molecule has 1 atom stereocenters. The molecule has 0 aliphatic rings. The molecule has 0 aromatic carbocycles. The van der Waals surface area contributed by atoms with Gasteiger partial charge in [0.25, 0.3) is 0 Å². The van der Waals surface area contributed by atoms with Crippen molar-refractivity contribution in [2.24, 2.45) is 0 Å². The molecule has 0 rings (SSSR count). The molecule has 3 nitrogen and oxygen atoms in total. The minimum absolute atomic E-state index is 0.316. The van der Waals surface area contributed by atoms with Crippen LogP contribution in [0.15, 0.2) is 0 Å². The summed E-state index contributed by atoms with van der Waals surface area (Å²) in [6.07, 6.45) is 1.64. The van der Waals surface area contributed by atoms with Crippen LogP contribution in [0.25, 0.3) is 0 Å². The first-order valence-electron chi connectivity index (χ1n) is 2.59. The fourth-order valence-corrected chi connectivity index (χ4v) is 0.570. The van der Waals surface area contributed by atoms with Crippen LogP contribution in [0.4, 0.5) is 0 Å². The van der Waals surface area contributed by atoms with E-state index in [0.717, 1.165) is 11.8 Å². The Labute approximate surface area is 58.4 Å². The van der Waals surface area contributed by atoms with E-state index in [1.54, 1.807) is 13.2 Å². The van der Waals surface area contributed by atoms with E-state index in [2.05, 4.69) is 4.74 Å². The molecule has 0 saturated carbocycles. The van der Waals surface area contributed by atoms with E-state index < -0.39 is 11.4 Å². The van der Waals surface area contributed by atoms with Crippen LogP contribution in [-0.2, 0) is 9.53 Å². The SMILES string of the molecule is CCOC(=O)C(O)SC. The number of aliphatic hydroxyl groups is 1. The molecule has 4 heteroatoms. The second-order valence-electron chi connectivity index (χ2n) is 1.34. The number of hydrogen-bond donors (Lipinski definition) is 1. The van der Waals surface area contributed by atoms with E-state index in [1.807, 2.05) is 0 Å². The lowest BCUT2D eigenvalue weighted by Gasteiger charge is -2.04. The van der Waals surface area contributed by atoms with E-state index >= 15 is 0 Å². The van der Waals surface area contributed by atoms with Gasteiger partial charge in [-0.2, -0.15) is 0 Å². The van der Waals surface area contributed by atoms with E-state index in [9.17, 15) is 4.79 Å². The highest BCUT2D eigenvalue weighted by Crippen LogP contribution is 2.03. The maximum absolute atomic E-state index is 10.5. The second kappa shape index (κ2) is 4.64. The van der Waals surface area contributed by atoms with E-state index in [-0.39, 0.29) is 0 Å². The highest BCUT2D eigenvalue weighted by molar-refractivity contribution is 7.99. The average Bonchev–Trinajstić information content (AvgIpc) is 1.87. The third-order valence-electron chi connectivity index (χ3n) is 0.711. The summed E-state index contributed by atoms with van der Waals surface area (Å²) < 4.78 is 4.48. The number of thioether (sulfide) groups is 1. The Hall–Kier alpha value is -0.220. The molecule has 0 aromatic rings. The molecule has 0 aliphatic carbocycles. The molecule has 1 unspecified atom stereocenters. The van der Waals surface area contributed by atoms with Crippen molar-refractivity contribution < 1.29 is 14.6 Å². The fourth-order valence-electron chi connectivity index (χ4n) is 0.310. The molecule has 1 N–H and O–H groups in total. The Morgan fingerprint density at radius 1 is 1.89 bits per heavy atom. The van der Waals surface area contributed by atoms with Gasteiger partial charge in [0.05, 0.1) is 6.61 Å². The van der Waals surface area contributed by atoms with Crippen molar-refractivity contribution in [2.75, 3.05) is 12.9 Å². The maximum Gasteiger partial charge on any atom is 0.345 e. The van der Waals surface area contributed by atoms with Crippen molar-refractivity contribution in [3.63, 3.8) is 0 Å². The monoisotopic (exact) mass is 150 g/mol. The van der Waals surface area contributed by atoms with E-state index in [1.165, 1.54) is 0 Å². The van der Waals surface area contributed by atoms with Crippen LogP contribution in [-0.4, -0.2) is 29.4 Å². The summed E-state index contributed by atoms with van der Waals surface area (Å²) in [5.41, 5.74) is -1.02. The van der Waals surface area contributed by atoms with E-state index in [0.29, 0.717) is 6.61 Å². The fraction of sp³-hybridized carbons (Fsp3) is 0.800.